The third kappa shape index (κ3) is 3.34. The molecule has 0 saturated carbocycles. The van der Waals surface area contributed by atoms with Crippen LogP contribution in [0.1, 0.15) is 26.3 Å². The maximum atomic E-state index is 11.5. The van der Waals surface area contributed by atoms with Crippen LogP contribution in [0.2, 0.25) is 0 Å². The second-order valence-electron chi connectivity index (χ2n) is 2.66. The molecule has 0 saturated heterocycles. The van der Waals surface area contributed by atoms with Crippen molar-refractivity contribution in [1.82, 2.24) is 4.57 Å². The number of pyridine rings is 1. The molecule has 0 bridgehead atoms. The molecule has 0 spiro atoms. The van der Waals surface area contributed by atoms with Crippen LogP contribution in [0.5, 0.6) is 0 Å². The van der Waals surface area contributed by atoms with Gasteiger partial charge in [0.15, 0.2) is 0 Å². The molecule has 1 aromatic rings. The van der Waals surface area contributed by atoms with Crippen LogP contribution in [0.25, 0.3) is 0 Å². The van der Waals surface area contributed by atoms with Crippen molar-refractivity contribution in [3.8, 4) is 0 Å². The van der Waals surface area contributed by atoms with Gasteiger partial charge in [-0.25, -0.2) is 0 Å². The molecular formula is C11H20N2O. The topological polar surface area (TPSA) is 48.0 Å². The summed E-state index contributed by atoms with van der Waals surface area (Å²) in [7, 11) is 0. The second-order valence-corrected chi connectivity index (χ2v) is 2.66. The van der Waals surface area contributed by atoms with Gasteiger partial charge in [-0.15, -0.1) is 0 Å². The standard InChI is InChI=1S/C9H14N2O.C2H6/c1-2-11-7-3-4-8(5-6-10)9(11)12;1-2/h3-4,7H,2,5-6,10H2,1H3;1-2H3. The molecule has 3 nitrogen and oxygen atoms in total. The van der Waals surface area contributed by atoms with E-state index < -0.39 is 0 Å². The Morgan fingerprint density at radius 1 is 1.43 bits per heavy atom. The summed E-state index contributed by atoms with van der Waals surface area (Å²) in [4.78, 5) is 11.5. The first-order chi connectivity index (χ1) is 6.79. The third-order valence-electron chi connectivity index (χ3n) is 1.85. The van der Waals surface area contributed by atoms with Gasteiger partial charge in [0.2, 0.25) is 0 Å². The van der Waals surface area contributed by atoms with Crippen molar-refractivity contribution in [3.63, 3.8) is 0 Å². The van der Waals surface area contributed by atoms with Gasteiger partial charge in [-0.1, -0.05) is 19.9 Å². The lowest BCUT2D eigenvalue weighted by Gasteiger charge is -2.03. The van der Waals surface area contributed by atoms with Crippen LogP contribution in [-0.4, -0.2) is 11.1 Å². The second kappa shape index (κ2) is 7.33. The highest BCUT2D eigenvalue weighted by molar-refractivity contribution is 5.10. The van der Waals surface area contributed by atoms with Crippen molar-refractivity contribution in [2.75, 3.05) is 6.54 Å². The quantitative estimate of drug-likeness (QED) is 0.794. The fourth-order valence-corrected chi connectivity index (χ4v) is 1.18. The number of hydrogen-bond donors (Lipinski definition) is 1. The Balaban J connectivity index is 0.000000791. The number of rotatable bonds is 3. The molecule has 0 aliphatic heterocycles. The maximum absolute atomic E-state index is 11.5. The van der Waals surface area contributed by atoms with Gasteiger partial charge in [-0.05, 0) is 26.0 Å². The summed E-state index contributed by atoms with van der Waals surface area (Å²) in [5.41, 5.74) is 6.27. The largest absolute Gasteiger partial charge is 0.330 e. The maximum Gasteiger partial charge on any atom is 0.253 e. The van der Waals surface area contributed by atoms with Gasteiger partial charge in [0.05, 0.1) is 0 Å². The Hall–Kier alpha value is -1.09. The summed E-state index contributed by atoms with van der Waals surface area (Å²) in [5, 5.41) is 0. The van der Waals surface area contributed by atoms with Crippen LogP contribution in [0.3, 0.4) is 0 Å². The van der Waals surface area contributed by atoms with Crippen molar-refractivity contribution in [2.24, 2.45) is 5.73 Å². The van der Waals surface area contributed by atoms with Crippen molar-refractivity contribution in [2.45, 2.75) is 33.7 Å². The van der Waals surface area contributed by atoms with E-state index in [2.05, 4.69) is 0 Å². The zero-order valence-corrected chi connectivity index (χ0v) is 9.29. The van der Waals surface area contributed by atoms with Gasteiger partial charge >= 0.3 is 0 Å². The van der Waals surface area contributed by atoms with Crippen LogP contribution in [0.4, 0.5) is 0 Å². The minimum Gasteiger partial charge on any atom is -0.330 e. The highest BCUT2D eigenvalue weighted by Gasteiger charge is 1.99. The van der Waals surface area contributed by atoms with E-state index in [0.29, 0.717) is 13.0 Å². The van der Waals surface area contributed by atoms with Crippen molar-refractivity contribution in [3.05, 3.63) is 34.2 Å². The van der Waals surface area contributed by atoms with E-state index in [1.54, 1.807) is 10.8 Å². The Morgan fingerprint density at radius 2 is 2.07 bits per heavy atom. The molecule has 1 rings (SSSR count). The van der Waals surface area contributed by atoms with E-state index in [1.165, 1.54) is 0 Å². The van der Waals surface area contributed by atoms with Gasteiger partial charge in [0, 0.05) is 18.3 Å². The lowest BCUT2D eigenvalue weighted by molar-refractivity contribution is 0.713. The summed E-state index contributed by atoms with van der Waals surface area (Å²) in [5.74, 6) is 0. The van der Waals surface area contributed by atoms with E-state index in [1.807, 2.05) is 32.9 Å². The van der Waals surface area contributed by atoms with E-state index in [0.717, 1.165) is 12.1 Å². The summed E-state index contributed by atoms with van der Waals surface area (Å²) in [6.45, 7) is 7.20. The van der Waals surface area contributed by atoms with Gasteiger partial charge < -0.3 is 10.3 Å². The van der Waals surface area contributed by atoms with Crippen LogP contribution < -0.4 is 11.3 Å². The summed E-state index contributed by atoms with van der Waals surface area (Å²) >= 11 is 0. The summed E-state index contributed by atoms with van der Waals surface area (Å²) < 4.78 is 1.69. The molecule has 1 aromatic heterocycles. The van der Waals surface area contributed by atoms with E-state index >= 15 is 0 Å². The average molecular weight is 196 g/mol. The number of aromatic nitrogens is 1. The van der Waals surface area contributed by atoms with E-state index in [-0.39, 0.29) is 5.56 Å². The SMILES string of the molecule is CC.CCn1cccc(CCN)c1=O. The van der Waals surface area contributed by atoms with Gasteiger partial charge in [0.1, 0.15) is 0 Å². The molecule has 0 aliphatic rings. The van der Waals surface area contributed by atoms with E-state index in [4.69, 9.17) is 5.73 Å². The molecule has 0 fully saturated rings. The Kier molecular flexibility index (Phi) is 6.76. The van der Waals surface area contributed by atoms with Crippen LogP contribution in [0, 0.1) is 0 Å². The summed E-state index contributed by atoms with van der Waals surface area (Å²) in [6, 6.07) is 3.72. The van der Waals surface area contributed by atoms with Gasteiger partial charge in [-0.3, -0.25) is 4.79 Å². The lowest BCUT2D eigenvalue weighted by Crippen LogP contribution is -2.23. The van der Waals surface area contributed by atoms with Crippen molar-refractivity contribution < 1.29 is 0 Å². The van der Waals surface area contributed by atoms with Crippen LogP contribution in [0.15, 0.2) is 23.1 Å². The van der Waals surface area contributed by atoms with E-state index in [9.17, 15) is 4.79 Å². The molecule has 3 heteroatoms. The van der Waals surface area contributed by atoms with Crippen LogP contribution in [-0.2, 0) is 13.0 Å². The zero-order valence-electron chi connectivity index (χ0n) is 9.29. The molecule has 0 unspecified atom stereocenters. The smallest absolute Gasteiger partial charge is 0.253 e. The molecular weight excluding hydrogens is 176 g/mol. The molecule has 0 radical (unpaired) electrons. The molecule has 14 heavy (non-hydrogen) atoms. The Labute approximate surface area is 85.6 Å². The van der Waals surface area contributed by atoms with Gasteiger partial charge in [-0.2, -0.15) is 0 Å². The van der Waals surface area contributed by atoms with Gasteiger partial charge in [0.25, 0.3) is 5.56 Å². The first-order valence-electron chi connectivity index (χ1n) is 5.18. The zero-order chi connectivity index (χ0) is 11.0. The Bertz CT molecular complexity index is 304. The summed E-state index contributed by atoms with van der Waals surface area (Å²) in [6.07, 6.45) is 2.46. The highest BCUT2D eigenvalue weighted by atomic mass is 16.1. The molecule has 0 aromatic carbocycles. The first-order valence-corrected chi connectivity index (χ1v) is 5.18. The minimum atomic E-state index is 0.0884. The molecule has 1 heterocycles. The molecule has 2 N–H and O–H groups in total. The molecule has 0 amide bonds. The lowest BCUT2D eigenvalue weighted by atomic mass is 10.2. The predicted molar refractivity (Wildman–Crippen MR) is 60.5 cm³/mol. The fourth-order valence-electron chi connectivity index (χ4n) is 1.18. The number of aryl methyl sites for hydroxylation is 1. The normalized spacial score (nSPS) is 9.14. The molecule has 80 valence electrons. The number of hydrogen-bond acceptors (Lipinski definition) is 2. The molecule has 0 aliphatic carbocycles. The number of nitrogens with zero attached hydrogens (tertiary/aromatic N) is 1. The van der Waals surface area contributed by atoms with Crippen LogP contribution >= 0.6 is 0 Å². The van der Waals surface area contributed by atoms with Crippen molar-refractivity contribution >= 4 is 0 Å². The average Bonchev–Trinajstić information content (AvgIpc) is 2.24. The molecule has 0 atom stereocenters. The monoisotopic (exact) mass is 196 g/mol. The Morgan fingerprint density at radius 3 is 2.57 bits per heavy atom. The highest BCUT2D eigenvalue weighted by Crippen LogP contribution is 1.91. The first kappa shape index (κ1) is 12.9. The third-order valence-corrected chi connectivity index (χ3v) is 1.85. The van der Waals surface area contributed by atoms with Crippen molar-refractivity contribution in [1.29, 1.82) is 0 Å². The predicted octanol–water partition coefficient (Wildman–Crippen LogP) is 1.40. The minimum absolute atomic E-state index is 0.0884. The fraction of sp³-hybridized carbons (Fsp3) is 0.545. The number of nitrogens with two attached hydrogens (primary N) is 1.